The lowest BCUT2D eigenvalue weighted by Gasteiger charge is -2.24. The predicted molar refractivity (Wildman–Crippen MR) is 74.6 cm³/mol. The molecule has 20 heavy (non-hydrogen) atoms. The van der Waals surface area contributed by atoms with E-state index in [-0.39, 0.29) is 17.6 Å². The van der Waals surface area contributed by atoms with E-state index in [1.165, 1.54) is 6.92 Å². The first-order valence-corrected chi connectivity index (χ1v) is 6.60. The molecule has 0 amide bonds. The predicted octanol–water partition coefficient (Wildman–Crippen LogP) is 3.91. The lowest BCUT2D eigenvalue weighted by Crippen LogP contribution is -2.35. The highest BCUT2D eigenvalue weighted by atomic mass is 19.4. The highest BCUT2D eigenvalue weighted by molar-refractivity contribution is 6.73. The molecule has 0 fully saturated rings. The first-order chi connectivity index (χ1) is 9.04. The summed E-state index contributed by atoms with van der Waals surface area (Å²) in [7, 11) is 0. The van der Waals surface area contributed by atoms with Crippen LogP contribution in [0.1, 0.15) is 57.6 Å². The van der Waals surface area contributed by atoms with Gasteiger partial charge in [-0.3, -0.25) is 4.79 Å². The van der Waals surface area contributed by atoms with Gasteiger partial charge in [0.2, 0.25) is 0 Å². The second kappa shape index (κ2) is 5.89. The van der Waals surface area contributed by atoms with E-state index in [1.54, 1.807) is 27.7 Å². The van der Waals surface area contributed by atoms with Crippen LogP contribution in [0.15, 0.2) is 12.1 Å². The van der Waals surface area contributed by atoms with Crippen molar-refractivity contribution in [2.45, 2.75) is 46.5 Å². The largest absolute Gasteiger partial charge is 0.509 e. The molecule has 0 heterocycles. The van der Waals surface area contributed by atoms with Crippen LogP contribution in [-0.2, 0) is 4.79 Å². The molecule has 0 atom stereocenters. The molecule has 0 bridgehead atoms. The van der Waals surface area contributed by atoms with Crippen molar-refractivity contribution in [1.82, 2.24) is 0 Å². The lowest BCUT2D eigenvalue weighted by atomic mass is 9.76. The summed E-state index contributed by atoms with van der Waals surface area (Å²) in [6.45, 7) is 3.28. The minimum atomic E-state index is -5.08. The molecule has 0 N–H and O–H groups in total. The van der Waals surface area contributed by atoms with Crippen LogP contribution in [0, 0.1) is 0 Å². The molecule has 0 aliphatic heterocycles. The summed E-state index contributed by atoms with van der Waals surface area (Å²) in [6.07, 6.45) is 0. The summed E-state index contributed by atoms with van der Waals surface area (Å²) in [5.41, 5.74) is 0.189. The Hall–Kier alpha value is -1.46. The Morgan fingerprint density at radius 1 is 1.05 bits per heavy atom. The molecular formula is C14H19BF3O2-. The molecule has 0 saturated carbocycles. The Morgan fingerprint density at radius 2 is 1.45 bits per heavy atom. The number of hydrogen-bond donors (Lipinski definition) is 0. The maximum atomic E-state index is 13.0. The molecule has 6 heteroatoms. The fraction of sp³-hybridized carbons (Fsp3) is 0.500. The van der Waals surface area contributed by atoms with E-state index in [4.69, 9.17) is 4.74 Å². The van der Waals surface area contributed by atoms with Crippen molar-refractivity contribution in [3.8, 4) is 5.75 Å². The topological polar surface area (TPSA) is 26.3 Å². The highest BCUT2D eigenvalue weighted by Gasteiger charge is 2.29. The van der Waals surface area contributed by atoms with Gasteiger partial charge in [-0.15, -0.1) is 5.46 Å². The van der Waals surface area contributed by atoms with Gasteiger partial charge in [-0.25, -0.2) is 0 Å². The Morgan fingerprint density at radius 3 is 1.70 bits per heavy atom. The van der Waals surface area contributed by atoms with Gasteiger partial charge in [0.25, 0.3) is 0 Å². The first-order valence-electron chi connectivity index (χ1n) is 6.60. The number of benzene rings is 1. The molecule has 112 valence electrons. The van der Waals surface area contributed by atoms with Crippen LogP contribution in [0.4, 0.5) is 12.9 Å². The Kier molecular flexibility index (Phi) is 4.89. The first kappa shape index (κ1) is 16.6. The fourth-order valence-electron chi connectivity index (χ4n) is 2.01. The maximum absolute atomic E-state index is 13.0. The molecule has 0 radical (unpaired) electrons. The fourth-order valence-corrected chi connectivity index (χ4v) is 2.01. The summed E-state index contributed by atoms with van der Waals surface area (Å²) in [5, 5.41) is 0. The van der Waals surface area contributed by atoms with Gasteiger partial charge in [-0.2, -0.15) is 0 Å². The zero-order chi connectivity index (χ0) is 15.7. The third-order valence-corrected chi connectivity index (χ3v) is 3.04. The summed E-state index contributed by atoms with van der Waals surface area (Å²) < 4.78 is 44.2. The van der Waals surface area contributed by atoms with Gasteiger partial charge in [0.05, 0.1) is 0 Å². The van der Waals surface area contributed by atoms with Crippen LogP contribution < -0.4 is 10.2 Å². The summed E-state index contributed by atoms with van der Waals surface area (Å²) in [5.74, 6) is -0.592. The Balaban J connectivity index is 3.59. The second-order valence-electron chi connectivity index (χ2n) is 5.51. The third-order valence-electron chi connectivity index (χ3n) is 3.04. The normalized spacial score (nSPS) is 12.1. The number of ether oxygens (including phenoxy) is 1. The van der Waals surface area contributed by atoms with Crippen LogP contribution >= 0.6 is 0 Å². The molecule has 1 aromatic rings. The minimum absolute atomic E-state index is 0.167. The molecule has 0 spiro atoms. The van der Waals surface area contributed by atoms with Crippen molar-refractivity contribution in [2.24, 2.45) is 0 Å². The molecule has 0 aliphatic carbocycles. The van der Waals surface area contributed by atoms with Crippen molar-refractivity contribution in [3.05, 3.63) is 23.3 Å². The quantitative estimate of drug-likeness (QED) is 0.476. The molecule has 1 aromatic carbocycles. The Labute approximate surface area is 117 Å². The molecular weight excluding hydrogens is 268 g/mol. The monoisotopic (exact) mass is 287 g/mol. The van der Waals surface area contributed by atoms with E-state index < -0.39 is 18.4 Å². The van der Waals surface area contributed by atoms with Crippen molar-refractivity contribution < 1.29 is 22.5 Å². The van der Waals surface area contributed by atoms with E-state index >= 15 is 0 Å². The van der Waals surface area contributed by atoms with Crippen LogP contribution in [0.3, 0.4) is 0 Å². The third kappa shape index (κ3) is 3.77. The van der Waals surface area contributed by atoms with Gasteiger partial charge in [0.1, 0.15) is 5.75 Å². The van der Waals surface area contributed by atoms with Gasteiger partial charge in [0.15, 0.2) is 0 Å². The summed E-state index contributed by atoms with van der Waals surface area (Å²) in [4.78, 5) is 11.2. The maximum Gasteiger partial charge on any atom is 0.509 e. The van der Waals surface area contributed by atoms with Crippen molar-refractivity contribution in [1.29, 1.82) is 0 Å². The van der Waals surface area contributed by atoms with Crippen molar-refractivity contribution in [3.63, 3.8) is 0 Å². The second-order valence-corrected chi connectivity index (χ2v) is 5.51. The standard InChI is InChI=1S/C14H19BF3O2/c1-8(2)12-6-11(15(16,17)18)7-13(9(3)4)14(12)20-10(5)19/h6-9H,1-5H3/q-1. The van der Waals surface area contributed by atoms with Crippen LogP contribution in [-0.4, -0.2) is 12.9 Å². The molecule has 0 aromatic heterocycles. The average molecular weight is 287 g/mol. The van der Waals surface area contributed by atoms with E-state index in [1.807, 2.05) is 0 Å². The van der Waals surface area contributed by atoms with Crippen LogP contribution in [0.25, 0.3) is 0 Å². The summed E-state index contributed by atoms with van der Waals surface area (Å²) in [6, 6.07) is 2.18. The average Bonchev–Trinajstić information content (AvgIpc) is 2.25. The summed E-state index contributed by atoms with van der Waals surface area (Å²) >= 11 is 0. The van der Waals surface area contributed by atoms with Gasteiger partial charge >= 0.3 is 12.9 Å². The van der Waals surface area contributed by atoms with E-state index in [0.29, 0.717) is 11.1 Å². The molecule has 2 nitrogen and oxygen atoms in total. The zero-order valence-corrected chi connectivity index (χ0v) is 12.3. The van der Waals surface area contributed by atoms with E-state index in [0.717, 1.165) is 12.1 Å². The highest BCUT2D eigenvalue weighted by Crippen LogP contribution is 2.35. The van der Waals surface area contributed by atoms with E-state index in [2.05, 4.69) is 0 Å². The lowest BCUT2D eigenvalue weighted by molar-refractivity contribution is -0.132. The van der Waals surface area contributed by atoms with Gasteiger partial charge < -0.3 is 17.7 Å². The van der Waals surface area contributed by atoms with Gasteiger partial charge in [-0.05, 0) is 23.0 Å². The Bertz CT molecular complexity index is 479. The van der Waals surface area contributed by atoms with Crippen LogP contribution in [0.2, 0.25) is 0 Å². The molecule has 0 aliphatic rings. The van der Waals surface area contributed by atoms with Crippen molar-refractivity contribution >= 4 is 18.4 Å². The molecule has 0 unspecified atom stereocenters. The van der Waals surface area contributed by atoms with Crippen molar-refractivity contribution in [2.75, 3.05) is 0 Å². The number of carbonyl (C=O) groups excluding carboxylic acids is 1. The molecule has 1 rings (SSSR count). The zero-order valence-electron chi connectivity index (χ0n) is 12.3. The number of rotatable bonds is 4. The number of hydrogen-bond acceptors (Lipinski definition) is 2. The number of halogens is 3. The van der Waals surface area contributed by atoms with Crippen LogP contribution in [0.5, 0.6) is 5.75 Å². The smallest absolute Gasteiger partial charge is 0.445 e. The number of carbonyl (C=O) groups is 1. The molecule has 0 saturated heterocycles. The SMILES string of the molecule is CC(=O)Oc1c(C(C)C)cc([B-](F)(F)F)cc1C(C)C. The minimum Gasteiger partial charge on any atom is -0.445 e. The van der Waals surface area contributed by atoms with E-state index in [9.17, 15) is 17.7 Å². The number of esters is 1. The van der Waals surface area contributed by atoms with Gasteiger partial charge in [-0.1, -0.05) is 39.8 Å². The van der Waals surface area contributed by atoms with Gasteiger partial charge in [0, 0.05) is 6.92 Å².